The lowest BCUT2D eigenvalue weighted by atomic mass is 10.1. The maximum Gasteiger partial charge on any atom is 0.249 e. The van der Waals surface area contributed by atoms with E-state index in [9.17, 15) is 9.59 Å². The standard InChI is InChI=1S/C17H21N5O2/c1-10(2)8-14-19-17-20-15(23)9-13(22(17)21-14)16(24)18-12-6-4-11(3)5-7-12/h4-7,10,13H,8-9H2,1-3H3,(H,18,24)(H,19,20,21,23)/t13-/m0/s1. The summed E-state index contributed by atoms with van der Waals surface area (Å²) in [6.45, 7) is 6.12. The fraction of sp³-hybridized carbons (Fsp3) is 0.412. The van der Waals surface area contributed by atoms with Crippen molar-refractivity contribution in [2.45, 2.75) is 39.7 Å². The Labute approximate surface area is 140 Å². The Hall–Kier alpha value is -2.70. The number of aryl methyl sites for hydroxylation is 1. The van der Waals surface area contributed by atoms with Crippen LogP contribution in [0.2, 0.25) is 0 Å². The van der Waals surface area contributed by atoms with Crippen molar-refractivity contribution in [1.82, 2.24) is 14.8 Å². The number of fused-ring (bicyclic) bond motifs is 1. The molecule has 0 bridgehead atoms. The highest BCUT2D eigenvalue weighted by molar-refractivity contribution is 6.00. The van der Waals surface area contributed by atoms with Gasteiger partial charge in [0.05, 0.1) is 6.42 Å². The first-order valence-corrected chi connectivity index (χ1v) is 8.05. The van der Waals surface area contributed by atoms with Crippen LogP contribution in [0.4, 0.5) is 11.6 Å². The van der Waals surface area contributed by atoms with E-state index in [1.807, 2.05) is 31.2 Å². The summed E-state index contributed by atoms with van der Waals surface area (Å²) in [4.78, 5) is 28.8. The Kier molecular flexibility index (Phi) is 4.33. The zero-order valence-electron chi connectivity index (χ0n) is 14.0. The average Bonchev–Trinajstić information content (AvgIpc) is 2.89. The predicted octanol–water partition coefficient (Wildman–Crippen LogP) is 2.31. The molecule has 2 aromatic rings. The Morgan fingerprint density at radius 2 is 2.08 bits per heavy atom. The SMILES string of the molecule is Cc1ccc(NC(=O)[C@@H]2CC(=O)Nc3nc(CC(C)C)nn32)cc1. The normalized spacial score (nSPS) is 16.7. The van der Waals surface area contributed by atoms with E-state index in [1.54, 1.807) is 0 Å². The highest BCUT2D eigenvalue weighted by Crippen LogP contribution is 2.25. The molecule has 0 aliphatic carbocycles. The molecule has 1 atom stereocenters. The fourth-order valence-corrected chi connectivity index (χ4v) is 2.63. The molecule has 2 heterocycles. The molecule has 0 radical (unpaired) electrons. The molecule has 126 valence electrons. The summed E-state index contributed by atoms with van der Waals surface area (Å²) >= 11 is 0. The second kappa shape index (κ2) is 6.43. The predicted molar refractivity (Wildman–Crippen MR) is 90.7 cm³/mol. The molecule has 0 saturated heterocycles. The van der Waals surface area contributed by atoms with Crippen molar-refractivity contribution in [1.29, 1.82) is 0 Å². The summed E-state index contributed by atoms with van der Waals surface area (Å²) in [5, 5.41) is 9.94. The Bertz CT molecular complexity index is 764. The number of hydrogen-bond acceptors (Lipinski definition) is 4. The van der Waals surface area contributed by atoms with Gasteiger partial charge in [0, 0.05) is 12.1 Å². The lowest BCUT2D eigenvalue weighted by molar-refractivity contribution is -0.125. The number of carbonyl (C=O) groups excluding carboxylic acids is 2. The first-order valence-electron chi connectivity index (χ1n) is 8.05. The van der Waals surface area contributed by atoms with Crippen molar-refractivity contribution in [3.63, 3.8) is 0 Å². The molecule has 1 aromatic heterocycles. The fourth-order valence-electron chi connectivity index (χ4n) is 2.63. The molecule has 24 heavy (non-hydrogen) atoms. The van der Waals surface area contributed by atoms with Gasteiger partial charge in [0.25, 0.3) is 0 Å². The number of anilines is 2. The van der Waals surface area contributed by atoms with Crippen molar-refractivity contribution in [3.05, 3.63) is 35.7 Å². The molecule has 0 saturated carbocycles. The number of carbonyl (C=O) groups is 2. The van der Waals surface area contributed by atoms with Gasteiger partial charge in [0.2, 0.25) is 17.8 Å². The second-order valence-electron chi connectivity index (χ2n) is 6.52. The summed E-state index contributed by atoms with van der Waals surface area (Å²) in [5.41, 5.74) is 1.81. The van der Waals surface area contributed by atoms with Crippen molar-refractivity contribution in [2.24, 2.45) is 5.92 Å². The summed E-state index contributed by atoms with van der Waals surface area (Å²) in [5.74, 6) is 0.872. The molecule has 2 N–H and O–H groups in total. The monoisotopic (exact) mass is 327 g/mol. The van der Waals surface area contributed by atoms with Gasteiger partial charge in [-0.1, -0.05) is 31.5 Å². The van der Waals surface area contributed by atoms with Crippen LogP contribution in [-0.2, 0) is 16.0 Å². The third kappa shape index (κ3) is 3.45. The minimum Gasteiger partial charge on any atom is -0.324 e. The quantitative estimate of drug-likeness (QED) is 0.902. The van der Waals surface area contributed by atoms with Gasteiger partial charge in [-0.25, -0.2) is 4.68 Å². The van der Waals surface area contributed by atoms with Gasteiger partial charge < -0.3 is 5.32 Å². The zero-order chi connectivity index (χ0) is 17.3. The van der Waals surface area contributed by atoms with E-state index in [1.165, 1.54) is 4.68 Å². The number of benzene rings is 1. The van der Waals surface area contributed by atoms with Crippen LogP contribution in [0, 0.1) is 12.8 Å². The molecule has 0 spiro atoms. The van der Waals surface area contributed by atoms with Crippen LogP contribution >= 0.6 is 0 Å². The van der Waals surface area contributed by atoms with Gasteiger partial charge in [-0.05, 0) is 25.0 Å². The molecule has 0 unspecified atom stereocenters. The highest BCUT2D eigenvalue weighted by Gasteiger charge is 2.33. The van der Waals surface area contributed by atoms with Crippen molar-refractivity contribution in [3.8, 4) is 0 Å². The molecule has 1 aliphatic rings. The van der Waals surface area contributed by atoms with Gasteiger partial charge in [-0.15, -0.1) is 0 Å². The number of rotatable bonds is 4. The Morgan fingerprint density at radius 1 is 1.38 bits per heavy atom. The van der Waals surface area contributed by atoms with Crippen LogP contribution in [0.25, 0.3) is 0 Å². The molecular formula is C17H21N5O2. The van der Waals surface area contributed by atoms with Crippen LogP contribution in [0.15, 0.2) is 24.3 Å². The summed E-state index contributed by atoms with van der Waals surface area (Å²) in [6.07, 6.45) is 0.747. The van der Waals surface area contributed by atoms with E-state index in [-0.39, 0.29) is 18.2 Å². The van der Waals surface area contributed by atoms with Gasteiger partial charge in [-0.2, -0.15) is 10.1 Å². The molecule has 0 fully saturated rings. The third-order valence-corrected chi connectivity index (χ3v) is 3.81. The van der Waals surface area contributed by atoms with Crippen LogP contribution < -0.4 is 10.6 Å². The second-order valence-corrected chi connectivity index (χ2v) is 6.52. The van der Waals surface area contributed by atoms with Crippen molar-refractivity contribution >= 4 is 23.5 Å². The third-order valence-electron chi connectivity index (χ3n) is 3.81. The van der Waals surface area contributed by atoms with Crippen LogP contribution in [-0.4, -0.2) is 26.6 Å². The van der Waals surface area contributed by atoms with Crippen LogP contribution in [0.1, 0.15) is 37.7 Å². The van der Waals surface area contributed by atoms with Gasteiger partial charge in [-0.3, -0.25) is 14.9 Å². The molecule has 2 amide bonds. The lowest BCUT2D eigenvalue weighted by Gasteiger charge is -2.22. The van der Waals surface area contributed by atoms with Gasteiger partial charge in [0.1, 0.15) is 6.04 Å². The van der Waals surface area contributed by atoms with Crippen LogP contribution in [0.3, 0.4) is 0 Å². The molecule has 7 heteroatoms. The maximum atomic E-state index is 12.6. The number of amides is 2. The van der Waals surface area contributed by atoms with E-state index >= 15 is 0 Å². The van der Waals surface area contributed by atoms with Crippen LogP contribution in [0.5, 0.6) is 0 Å². The smallest absolute Gasteiger partial charge is 0.249 e. The lowest BCUT2D eigenvalue weighted by Crippen LogP contribution is -2.36. The Morgan fingerprint density at radius 3 is 2.75 bits per heavy atom. The maximum absolute atomic E-state index is 12.6. The number of nitrogens with one attached hydrogen (secondary N) is 2. The molecule has 1 aromatic carbocycles. The topological polar surface area (TPSA) is 88.9 Å². The minimum atomic E-state index is -0.691. The Balaban J connectivity index is 1.83. The average molecular weight is 327 g/mol. The molecule has 1 aliphatic heterocycles. The number of nitrogens with zero attached hydrogens (tertiary/aromatic N) is 3. The number of hydrogen-bond donors (Lipinski definition) is 2. The van der Waals surface area contributed by atoms with E-state index in [0.29, 0.717) is 29.8 Å². The number of aromatic nitrogens is 3. The zero-order valence-corrected chi connectivity index (χ0v) is 14.0. The largest absolute Gasteiger partial charge is 0.324 e. The van der Waals surface area contributed by atoms with E-state index in [2.05, 4.69) is 34.6 Å². The van der Waals surface area contributed by atoms with E-state index < -0.39 is 6.04 Å². The first kappa shape index (κ1) is 16.2. The first-order chi connectivity index (χ1) is 11.4. The summed E-state index contributed by atoms with van der Waals surface area (Å²) < 4.78 is 1.52. The highest BCUT2D eigenvalue weighted by atomic mass is 16.2. The van der Waals surface area contributed by atoms with E-state index in [4.69, 9.17) is 0 Å². The minimum absolute atomic E-state index is 0.0508. The van der Waals surface area contributed by atoms with Crippen molar-refractivity contribution < 1.29 is 9.59 Å². The molecule has 7 nitrogen and oxygen atoms in total. The summed E-state index contributed by atoms with van der Waals surface area (Å²) in [7, 11) is 0. The van der Waals surface area contributed by atoms with Crippen molar-refractivity contribution in [2.75, 3.05) is 10.6 Å². The molecular weight excluding hydrogens is 306 g/mol. The molecule has 3 rings (SSSR count). The van der Waals surface area contributed by atoms with Gasteiger partial charge in [0.15, 0.2) is 5.82 Å². The van der Waals surface area contributed by atoms with Gasteiger partial charge >= 0.3 is 0 Å². The van der Waals surface area contributed by atoms with E-state index in [0.717, 1.165) is 5.56 Å². The summed E-state index contributed by atoms with van der Waals surface area (Å²) in [6, 6.07) is 6.82.